The van der Waals surface area contributed by atoms with Crippen LogP contribution in [0.5, 0.6) is 0 Å². The first-order chi connectivity index (χ1) is 8.61. The van der Waals surface area contributed by atoms with Gasteiger partial charge in [0.25, 0.3) is 0 Å². The number of aromatic nitrogens is 3. The fraction of sp³-hybridized carbons (Fsp3) is 0.364. The topological polar surface area (TPSA) is 88.8 Å². The molecule has 0 saturated heterocycles. The molecule has 0 atom stereocenters. The molecule has 0 aromatic carbocycles. The maximum Gasteiger partial charge on any atom is 0.188 e. The van der Waals surface area contributed by atoms with E-state index in [0.29, 0.717) is 17.3 Å². The van der Waals surface area contributed by atoms with E-state index in [9.17, 15) is 0 Å². The third-order valence-electron chi connectivity index (χ3n) is 2.48. The molecule has 7 heteroatoms. The van der Waals surface area contributed by atoms with Crippen LogP contribution in [0.15, 0.2) is 6.33 Å². The third-order valence-corrected chi connectivity index (χ3v) is 3.47. The molecule has 0 fully saturated rings. The molecule has 4 N–H and O–H groups in total. The van der Waals surface area contributed by atoms with Gasteiger partial charge in [-0.1, -0.05) is 0 Å². The Bertz CT molecular complexity index is 531. The number of nitrogens with one attached hydrogen (secondary N) is 2. The average molecular weight is 264 g/mol. The molecule has 96 valence electrons. The second kappa shape index (κ2) is 5.18. The highest BCUT2D eigenvalue weighted by Crippen LogP contribution is 2.28. The van der Waals surface area contributed by atoms with E-state index in [1.807, 2.05) is 20.8 Å². The lowest BCUT2D eigenvalue weighted by Gasteiger charge is -2.09. The highest BCUT2D eigenvalue weighted by atomic mass is 32.1. The minimum atomic E-state index is 0.504. The number of aryl methyl sites for hydroxylation is 2. The molecular formula is C11H16N6S. The first kappa shape index (κ1) is 12.6. The molecule has 0 amide bonds. The van der Waals surface area contributed by atoms with E-state index in [4.69, 9.17) is 5.73 Å². The number of hydrogen-bond donors (Lipinski definition) is 3. The zero-order valence-electron chi connectivity index (χ0n) is 10.6. The molecule has 0 aliphatic heterocycles. The fourth-order valence-corrected chi connectivity index (χ4v) is 2.24. The van der Waals surface area contributed by atoms with Crippen molar-refractivity contribution in [3.8, 4) is 0 Å². The molecule has 2 aromatic heterocycles. The lowest BCUT2D eigenvalue weighted by molar-refractivity contribution is 1.11. The van der Waals surface area contributed by atoms with E-state index in [1.165, 1.54) is 11.2 Å². The molecule has 6 nitrogen and oxygen atoms in total. The minimum Gasteiger partial charge on any atom is -0.393 e. The summed E-state index contributed by atoms with van der Waals surface area (Å²) < 4.78 is 0. The van der Waals surface area contributed by atoms with Crippen LogP contribution >= 0.6 is 11.3 Å². The fourth-order valence-electron chi connectivity index (χ4n) is 1.43. The lowest BCUT2D eigenvalue weighted by atomic mass is 10.4. The zero-order valence-corrected chi connectivity index (χ0v) is 11.4. The van der Waals surface area contributed by atoms with E-state index >= 15 is 0 Å². The van der Waals surface area contributed by atoms with Crippen molar-refractivity contribution >= 4 is 33.8 Å². The Morgan fingerprint density at radius 2 is 2.00 bits per heavy atom. The molecule has 0 aliphatic rings. The summed E-state index contributed by atoms with van der Waals surface area (Å²) in [5.74, 6) is 1.22. The van der Waals surface area contributed by atoms with Crippen LogP contribution in [0.3, 0.4) is 0 Å². The molecule has 18 heavy (non-hydrogen) atoms. The Morgan fingerprint density at radius 1 is 1.28 bits per heavy atom. The van der Waals surface area contributed by atoms with Gasteiger partial charge in [0.2, 0.25) is 0 Å². The van der Waals surface area contributed by atoms with Crippen molar-refractivity contribution in [3.63, 3.8) is 0 Å². The first-order valence-electron chi connectivity index (χ1n) is 5.67. The maximum atomic E-state index is 5.99. The summed E-state index contributed by atoms with van der Waals surface area (Å²) in [6.07, 6.45) is 1.48. The molecule has 0 spiro atoms. The molecule has 0 saturated carbocycles. The standard InChI is InChI=1S/C11H16N6S/c1-4-13-9-8(12)10(15-5-14-9)17-11-16-6(2)7(3)18-11/h5H,4,12H2,1-3H3,(H2,13,14,15,16,17). The van der Waals surface area contributed by atoms with Crippen molar-refractivity contribution in [1.82, 2.24) is 15.0 Å². The number of rotatable bonds is 4. The number of nitrogen functional groups attached to an aromatic ring is 1. The Balaban J connectivity index is 2.26. The van der Waals surface area contributed by atoms with Gasteiger partial charge < -0.3 is 16.4 Å². The van der Waals surface area contributed by atoms with Gasteiger partial charge in [0, 0.05) is 11.4 Å². The summed E-state index contributed by atoms with van der Waals surface area (Å²) in [6.45, 7) is 6.76. The van der Waals surface area contributed by atoms with Gasteiger partial charge in [-0.25, -0.2) is 15.0 Å². The first-order valence-corrected chi connectivity index (χ1v) is 6.48. The number of nitrogens with zero attached hydrogens (tertiary/aromatic N) is 3. The summed E-state index contributed by atoms with van der Waals surface area (Å²) >= 11 is 1.58. The minimum absolute atomic E-state index is 0.504. The number of thiazole rings is 1. The molecular weight excluding hydrogens is 248 g/mol. The summed E-state index contributed by atoms with van der Waals surface area (Å²) in [7, 11) is 0. The van der Waals surface area contributed by atoms with Crippen molar-refractivity contribution in [2.24, 2.45) is 0 Å². The average Bonchev–Trinajstić information content (AvgIpc) is 2.64. The molecule has 2 aromatic rings. The molecule has 2 heterocycles. The van der Waals surface area contributed by atoms with Crippen LogP contribution in [-0.4, -0.2) is 21.5 Å². The molecule has 2 rings (SSSR count). The highest BCUT2D eigenvalue weighted by molar-refractivity contribution is 7.15. The van der Waals surface area contributed by atoms with Gasteiger partial charge in [-0.3, -0.25) is 0 Å². The van der Waals surface area contributed by atoms with E-state index in [1.54, 1.807) is 11.3 Å². The maximum absolute atomic E-state index is 5.99. The zero-order chi connectivity index (χ0) is 13.1. The largest absolute Gasteiger partial charge is 0.393 e. The van der Waals surface area contributed by atoms with Crippen molar-refractivity contribution < 1.29 is 0 Å². The molecule has 0 aliphatic carbocycles. The Hall–Kier alpha value is -1.89. The van der Waals surface area contributed by atoms with Crippen LogP contribution < -0.4 is 16.4 Å². The number of anilines is 4. The number of nitrogens with two attached hydrogens (primary N) is 1. The molecule has 0 radical (unpaired) electrons. The summed E-state index contributed by atoms with van der Waals surface area (Å²) in [5.41, 5.74) is 7.51. The Kier molecular flexibility index (Phi) is 3.61. The van der Waals surface area contributed by atoms with Crippen molar-refractivity contribution in [2.45, 2.75) is 20.8 Å². The van der Waals surface area contributed by atoms with Crippen LogP contribution in [0.4, 0.5) is 22.5 Å². The van der Waals surface area contributed by atoms with Crippen LogP contribution in [0.25, 0.3) is 0 Å². The van der Waals surface area contributed by atoms with Gasteiger partial charge in [-0.2, -0.15) is 0 Å². The van der Waals surface area contributed by atoms with Gasteiger partial charge in [0.1, 0.15) is 12.0 Å². The SMILES string of the molecule is CCNc1ncnc(Nc2nc(C)c(C)s2)c1N. The second-order valence-corrected chi connectivity index (χ2v) is 5.00. The van der Waals surface area contributed by atoms with E-state index < -0.39 is 0 Å². The van der Waals surface area contributed by atoms with Crippen molar-refractivity contribution in [1.29, 1.82) is 0 Å². The predicted octanol–water partition coefficient (Wildman–Crippen LogP) is 2.31. The van der Waals surface area contributed by atoms with E-state index in [2.05, 4.69) is 25.6 Å². The normalized spacial score (nSPS) is 10.4. The van der Waals surface area contributed by atoms with Gasteiger partial charge >= 0.3 is 0 Å². The van der Waals surface area contributed by atoms with Crippen LogP contribution in [0.1, 0.15) is 17.5 Å². The second-order valence-electron chi connectivity index (χ2n) is 3.80. The number of hydrogen-bond acceptors (Lipinski definition) is 7. The monoisotopic (exact) mass is 264 g/mol. The van der Waals surface area contributed by atoms with Crippen molar-refractivity contribution in [3.05, 3.63) is 16.9 Å². The van der Waals surface area contributed by atoms with Gasteiger partial charge in [-0.05, 0) is 20.8 Å². The van der Waals surface area contributed by atoms with Gasteiger partial charge in [0.05, 0.1) is 5.69 Å². The van der Waals surface area contributed by atoms with Gasteiger partial charge in [-0.15, -0.1) is 11.3 Å². The van der Waals surface area contributed by atoms with Crippen LogP contribution in [0, 0.1) is 13.8 Å². The summed E-state index contributed by atoms with van der Waals surface area (Å²) in [4.78, 5) is 13.8. The quantitative estimate of drug-likeness (QED) is 0.785. The lowest BCUT2D eigenvalue weighted by Crippen LogP contribution is -2.07. The molecule has 0 bridgehead atoms. The van der Waals surface area contributed by atoms with Crippen LogP contribution in [-0.2, 0) is 0 Å². The van der Waals surface area contributed by atoms with Crippen molar-refractivity contribution in [2.75, 3.05) is 22.9 Å². The summed E-state index contributed by atoms with van der Waals surface area (Å²) in [6, 6.07) is 0. The highest BCUT2D eigenvalue weighted by Gasteiger charge is 2.10. The summed E-state index contributed by atoms with van der Waals surface area (Å²) in [5, 5.41) is 7.00. The Labute approximate surface area is 110 Å². The smallest absolute Gasteiger partial charge is 0.188 e. The van der Waals surface area contributed by atoms with Gasteiger partial charge in [0.15, 0.2) is 16.8 Å². The Morgan fingerprint density at radius 3 is 2.61 bits per heavy atom. The molecule has 0 unspecified atom stereocenters. The third kappa shape index (κ3) is 2.51. The van der Waals surface area contributed by atoms with E-state index in [0.717, 1.165) is 17.4 Å². The van der Waals surface area contributed by atoms with Crippen LogP contribution in [0.2, 0.25) is 0 Å². The predicted molar refractivity (Wildman–Crippen MR) is 75.5 cm³/mol. The van der Waals surface area contributed by atoms with E-state index in [-0.39, 0.29) is 0 Å².